The minimum Gasteiger partial charge on any atom is -0.351 e. The van der Waals surface area contributed by atoms with E-state index in [0.29, 0.717) is 28.4 Å². The Bertz CT molecular complexity index is 975. The summed E-state index contributed by atoms with van der Waals surface area (Å²) in [6.45, 7) is 0.756. The molecule has 0 spiro atoms. The molecule has 1 N–H and O–H groups in total. The van der Waals surface area contributed by atoms with Crippen molar-refractivity contribution >= 4 is 45.0 Å². The monoisotopic (exact) mass is 480 g/mol. The Hall–Kier alpha value is -1.70. The quantitative estimate of drug-likeness (QED) is 0.507. The number of carbonyl (C=O) groups excluding carboxylic acids is 1. The minimum absolute atomic E-state index is 0.127. The molecular weight excluding hydrogens is 452 g/mol. The van der Waals surface area contributed by atoms with Crippen LogP contribution in [0.25, 0.3) is 0 Å². The highest BCUT2D eigenvalue weighted by Gasteiger charge is 2.19. The van der Waals surface area contributed by atoms with Gasteiger partial charge in [0, 0.05) is 28.1 Å². The van der Waals surface area contributed by atoms with E-state index in [1.807, 2.05) is 17.8 Å². The van der Waals surface area contributed by atoms with Crippen LogP contribution < -0.4 is 9.62 Å². The first-order valence-electron chi connectivity index (χ1n) is 10.6. The van der Waals surface area contributed by atoms with E-state index >= 15 is 0 Å². The number of rotatable bonds is 9. The largest absolute Gasteiger partial charge is 0.351 e. The lowest BCUT2D eigenvalue weighted by Crippen LogP contribution is -2.30. The fourth-order valence-corrected chi connectivity index (χ4v) is 5.98. The number of benzene rings is 2. The van der Waals surface area contributed by atoms with Gasteiger partial charge in [0.25, 0.3) is 5.91 Å². The van der Waals surface area contributed by atoms with Crippen molar-refractivity contribution in [3.8, 4) is 0 Å². The SMILES string of the molecule is CS(=O)(=O)N(Cc1ccccc1Cl)c1ccc(C(=O)NCCSC2CCCCC2)cc1. The minimum atomic E-state index is -3.52. The molecule has 2 aromatic carbocycles. The molecule has 2 aromatic rings. The van der Waals surface area contributed by atoms with Crippen LogP contribution in [-0.4, -0.2) is 38.1 Å². The Morgan fingerprint density at radius 3 is 2.42 bits per heavy atom. The third-order valence-corrected chi connectivity index (χ3v) is 8.27. The number of hydrogen-bond acceptors (Lipinski definition) is 4. The first-order chi connectivity index (χ1) is 14.8. The molecule has 0 radical (unpaired) electrons. The molecule has 1 fully saturated rings. The molecule has 0 heterocycles. The fraction of sp³-hybridized carbons (Fsp3) is 0.435. The Kier molecular flexibility index (Phi) is 8.69. The molecule has 1 aliphatic rings. The number of anilines is 1. The lowest BCUT2D eigenvalue weighted by atomic mass is 10.0. The fourth-order valence-electron chi connectivity index (χ4n) is 3.68. The molecular formula is C23H29ClN2O3S2. The second kappa shape index (κ2) is 11.2. The average molecular weight is 481 g/mol. The summed E-state index contributed by atoms with van der Waals surface area (Å²) in [4.78, 5) is 12.4. The van der Waals surface area contributed by atoms with Crippen LogP contribution in [0.15, 0.2) is 48.5 Å². The van der Waals surface area contributed by atoms with Gasteiger partial charge in [-0.15, -0.1) is 0 Å². The van der Waals surface area contributed by atoms with Crippen LogP contribution in [0.1, 0.15) is 48.0 Å². The number of thioether (sulfide) groups is 1. The maximum absolute atomic E-state index is 12.4. The van der Waals surface area contributed by atoms with E-state index in [-0.39, 0.29) is 12.5 Å². The van der Waals surface area contributed by atoms with Crippen molar-refractivity contribution in [3.63, 3.8) is 0 Å². The van der Waals surface area contributed by atoms with E-state index in [9.17, 15) is 13.2 Å². The molecule has 0 atom stereocenters. The maximum Gasteiger partial charge on any atom is 0.251 e. The van der Waals surface area contributed by atoms with E-state index in [2.05, 4.69) is 5.32 Å². The standard InChI is InChI=1S/C23H29ClN2O3S2/c1-31(28,29)26(17-19-7-5-6-10-22(19)24)20-13-11-18(12-14-20)23(27)25-15-16-30-21-8-3-2-4-9-21/h5-7,10-14,21H,2-4,8-9,15-17H2,1H3,(H,25,27). The van der Waals surface area contributed by atoms with E-state index in [1.165, 1.54) is 36.4 Å². The van der Waals surface area contributed by atoms with E-state index in [4.69, 9.17) is 11.6 Å². The summed E-state index contributed by atoms with van der Waals surface area (Å²) in [5, 5.41) is 4.19. The van der Waals surface area contributed by atoms with Crippen molar-refractivity contribution in [1.82, 2.24) is 5.32 Å². The maximum atomic E-state index is 12.4. The van der Waals surface area contributed by atoms with Crippen LogP contribution in [0.4, 0.5) is 5.69 Å². The van der Waals surface area contributed by atoms with Crippen molar-refractivity contribution in [2.75, 3.05) is 22.9 Å². The van der Waals surface area contributed by atoms with Crippen molar-refractivity contribution in [3.05, 3.63) is 64.7 Å². The molecule has 31 heavy (non-hydrogen) atoms. The van der Waals surface area contributed by atoms with Gasteiger partial charge in [0.05, 0.1) is 18.5 Å². The van der Waals surface area contributed by atoms with E-state index in [1.54, 1.807) is 42.5 Å². The summed E-state index contributed by atoms with van der Waals surface area (Å²) < 4.78 is 26.0. The molecule has 8 heteroatoms. The highest BCUT2D eigenvalue weighted by atomic mass is 35.5. The Balaban J connectivity index is 1.58. The van der Waals surface area contributed by atoms with Crippen LogP contribution >= 0.6 is 23.4 Å². The first-order valence-corrected chi connectivity index (χ1v) is 13.8. The summed E-state index contributed by atoms with van der Waals surface area (Å²) in [5.74, 6) is 0.765. The zero-order valence-corrected chi connectivity index (χ0v) is 20.1. The molecule has 3 rings (SSSR count). The van der Waals surface area contributed by atoms with Crippen LogP contribution in [0, 0.1) is 0 Å². The van der Waals surface area contributed by atoms with Gasteiger partial charge in [0.15, 0.2) is 0 Å². The number of nitrogens with zero attached hydrogens (tertiary/aromatic N) is 1. The molecule has 0 aromatic heterocycles. The smallest absolute Gasteiger partial charge is 0.251 e. The van der Waals surface area contributed by atoms with E-state index in [0.717, 1.165) is 17.3 Å². The number of hydrogen-bond donors (Lipinski definition) is 1. The summed E-state index contributed by atoms with van der Waals surface area (Å²) in [5.41, 5.74) is 1.72. The van der Waals surface area contributed by atoms with Crippen LogP contribution in [0.5, 0.6) is 0 Å². The van der Waals surface area contributed by atoms with Crippen LogP contribution in [0.2, 0.25) is 5.02 Å². The van der Waals surface area contributed by atoms with Crippen LogP contribution in [0.3, 0.4) is 0 Å². The predicted octanol–water partition coefficient (Wildman–Crippen LogP) is 5.10. The Morgan fingerprint density at radius 2 is 1.77 bits per heavy atom. The molecule has 0 aliphatic heterocycles. The molecule has 1 amide bonds. The third-order valence-electron chi connectivity index (χ3n) is 5.38. The highest BCUT2D eigenvalue weighted by molar-refractivity contribution is 7.99. The summed E-state index contributed by atoms with van der Waals surface area (Å²) >= 11 is 8.15. The van der Waals surface area contributed by atoms with Crippen LogP contribution in [-0.2, 0) is 16.6 Å². The first kappa shape index (κ1) is 24.0. The zero-order valence-electron chi connectivity index (χ0n) is 17.7. The normalized spacial score (nSPS) is 14.9. The third kappa shape index (κ3) is 7.16. The molecule has 1 saturated carbocycles. The predicted molar refractivity (Wildman–Crippen MR) is 131 cm³/mol. The number of amides is 1. The molecule has 1 aliphatic carbocycles. The summed E-state index contributed by atoms with van der Waals surface area (Å²) in [7, 11) is -3.52. The van der Waals surface area contributed by atoms with Crippen molar-refractivity contribution in [2.24, 2.45) is 0 Å². The van der Waals surface area contributed by atoms with Crippen molar-refractivity contribution in [1.29, 1.82) is 0 Å². The molecule has 0 bridgehead atoms. The topological polar surface area (TPSA) is 66.5 Å². The molecule has 168 valence electrons. The lowest BCUT2D eigenvalue weighted by molar-refractivity contribution is 0.0956. The van der Waals surface area contributed by atoms with Gasteiger partial charge < -0.3 is 5.32 Å². The molecule has 0 unspecified atom stereocenters. The van der Waals surface area contributed by atoms with Crippen molar-refractivity contribution in [2.45, 2.75) is 43.9 Å². The van der Waals surface area contributed by atoms with Crippen molar-refractivity contribution < 1.29 is 13.2 Å². The van der Waals surface area contributed by atoms with E-state index < -0.39 is 10.0 Å². The highest BCUT2D eigenvalue weighted by Crippen LogP contribution is 2.28. The van der Waals surface area contributed by atoms with Gasteiger partial charge in [0.1, 0.15) is 0 Å². The number of nitrogens with one attached hydrogen (secondary N) is 1. The Morgan fingerprint density at radius 1 is 1.10 bits per heavy atom. The van der Waals surface area contributed by atoms with Gasteiger partial charge in [-0.3, -0.25) is 9.10 Å². The lowest BCUT2D eigenvalue weighted by Gasteiger charge is -2.23. The second-order valence-electron chi connectivity index (χ2n) is 7.79. The number of carbonyl (C=O) groups is 1. The Labute approximate surface area is 194 Å². The zero-order chi connectivity index (χ0) is 22.3. The summed E-state index contributed by atoms with van der Waals surface area (Å²) in [6.07, 6.45) is 7.71. The molecule has 5 nitrogen and oxygen atoms in total. The van der Waals surface area contributed by atoms with Gasteiger partial charge in [0.2, 0.25) is 10.0 Å². The van der Waals surface area contributed by atoms with Gasteiger partial charge in [-0.05, 0) is 48.7 Å². The van der Waals surface area contributed by atoms with Gasteiger partial charge >= 0.3 is 0 Å². The van der Waals surface area contributed by atoms with Gasteiger partial charge in [-0.2, -0.15) is 11.8 Å². The average Bonchev–Trinajstić information content (AvgIpc) is 2.76. The number of halogens is 1. The second-order valence-corrected chi connectivity index (χ2v) is 11.5. The molecule has 0 saturated heterocycles. The van der Waals surface area contributed by atoms with Gasteiger partial charge in [-0.25, -0.2) is 8.42 Å². The summed E-state index contributed by atoms with van der Waals surface area (Å²) in [6, 6.07) is 13.8. The van der Waals surface area contributed by atoms with Gasteiger partial charge in [-0.1, -0.05) is 49.1 Å². The number of sulfonamides is 1.